The van der Waals surface area contributed by atoms with Crippen LogP contribution in [0.4, 0.5) is 0 Å². The Balaban J connectivity index is 1.62. The maximum atomic E-state index is 5.70. The number of rotatable bonds is 6. The molecule has 0 saturated carbocycles. The molecule has 0 aromatic heterocycles. The Kier molecular flexibility index (Phi) is 6.59. The zero-order valence-electron chi connectivity index (χ0n) is 22.6. The zero-order chi connectivity index (χ0) is 27.6. The van der Waals surface area contributed by atoms with Gasteiger partial charge in [-0.3, -0.25) is 0 Å². The number of hydrogen-bond acceptors (Lipinski definition) is 2. The molecule has 0 saturated heterocycles. The highest BCUT2D eigenvalue weighted by atomic mass is 14.8. The second-order valence-electron chi connectivity index (χ2n) is 9.98. The van der Waals surface area contributed by atoms with Gasteiger partial charge in [-0.2, -0.15) is 0 Å². The minimum absolute atomic E-state index is 0.624. The van der Waals surface area contributed by atoms with Gasteiger partial charge in [0.15, 0.2) is 0 Å². The van der Waals surface area contributed by atoms with Crippen LogP contribution in [0.5, 0.6) is 0 Å². The molecule has 0 amide bonds. The lowest BCUT2D eigenvalue weighted by Crippen LogP contribution is -1.99. The van der Waals surface area contributed by atoms with Gasteiger partial charge in [-0.05, 0) is 91.5 Å². The van der Waals surface area contributed by atoms with Crippen LogP contribution in [0.3, 0.4) is 0 Å². The van der Waals surface area contributed by atoms with E-state index in [0.29, 0.717) is 5.70 Å². The van der Waals surface area contributed by atoms with Gasteiger partial charge >= 0.3 is 0 Å². The summed E-state index contributed by atoms with van der Waals surface area (Å²) in [7, 11) is 0. The van der Waals surface area contributed by atoms with Crippen molar-refractivity contribution in [1.82, 2.24) is 0 Å². The molecule has 6 aromatic carbocycles. The van der Waals surface area contributed by atoms with Crippen molar-refractivity contribution in [1.29, 1.82) is 0 Å². The van der Waals surface area contributed by atoms with Gasteiger partial charge in [-0.15, -0.1) is 0 Å². The van der Waals surface area contributed by atoms with Crippen LogP contribution < -0.4 is 5.73 Å². The summed E-state index contributed by atoms with van der Waals surface area (Å²) in [6, 6.07) is 41.3. The van der Waals surface area contributed by atoms with Crippen LogP contribution in [0.2, 0.25) is 0 Å². The second-order valence-corrected chi connectivity index (χ2v) is 9.98. The standard InChI is InChI=1S/C38H30N2/c1-4-36(40-26(3)25(2)24-39)29-14-11-15-30(23-29)37-32-16-7-9-18-34(32)38(35-19-10-8-17-33(35)37)31-21-20-27-12-5-6-13-28(27)22-31/h4-24H,1,3,39H2,2H3/b25-24+,40-36?. The monoisotopic (exact) mass is 514 g/mol. The summed E-state index contributed by atoms with van der Waals surface area (Å²) in [5.74, 6) is 0. The summed E-state index contributed by atoms with van der Waals surface area (Å²) in [4.78, 5) is 4.73. The van der Waals surface area contributed by atoms with Gasteiger partial charge in [0.05, 0.1) is 11.4 Å². The molecule has 0 aliphatic heterocycles. The predicted octanol–water partition coefficient (Wildman–Crippen LogP) is 9.83. The fourth-order valence-corrected chi connectivity index (χ4v) is 5.49. The van der Waals surface area contributed by atoms with E-state index < -0.39 is 0 Å². The normalized spacial score (nSPS) is 12.2. The number of aliphatic imine (C=N–C) groups is 1. The van der Waals surface area contributed by atoms with E-state index in [1.165, 1.54) is 55.2 Å². The van der Waals surface area contributed by atoms with Crippen LogP contribution in [0.25, 0.3) is 54.6 Å². The van der Waals surface area contributed by atoms with Crippen molar-refractivity contribution in [3.63, 3.8) is 0 Å². The Hall–Kier alpha value is -5.21. The lowest BCUT2D eigenvalue weighted by atomic mass is 9.85. The van der Waals surface area contributed by atoms with E-state index in [1.54, 1.807) is 6.08 Å². The number of nitrogens with zero attached hydrogens (tertiary/aromatic N) is 1. The molecule has 0 unspecified atom stereocenters. The molecule has 6 aromatic rings. The third-order valence-corrected chi connectivity index (χ3v) is 7.57. The Bertz CT molecular complexity index is 1950. The number of fused-ring (bicyclic) bond motifs is 3. The molecule has 0 radical (unpaired) electrons. The molecule has 0 fully saturated rings. The Labute approximate surface area is 235 Å². The maximum Gasteiger partial charge on any atom is 0.0703 e. The number of allylic oxidation sites excluding steroid dienone is 2. The molecular weight excluding hydrogens is 484 g/mol. The quantitative estimate of drug-likeness (QED) is 0.134. The molecule has 0 bridgehead atoms. The first kappa shape index (κ1) is 25.1. The minimum atomic E-state index is 0.624. The van der Waals surface area contributed by atoms with E-state index in [-0.39, 0.29) is 0 Å². The number of hydrogen-bond donors (Lipinski definition) is 1. The largest absolute Gasteiger partial charge is 0.404 e. The molecular formula is C38H30N2. The van der Waals surface area contributed by atoms with Crippen LogP contribution in [-0.4, -0.2) is 5.71 Å². The molecule has 2 heteroatoms. The lowest BCUT2D eigenvalue weighted by molar-refractivity contribution is 1.27. The topological polar surface area (TPSA) is 38.4 Å². The molecule has 40 heavy (non-hydrogen) atoms. The van der Waals surface area contributed by atoms with Gasteiger partial charge in [0.1, 0.15) is 0 Å². The summed E-state index contributed by atoms with van der Waals surface area (Å²) in [6.45, 7) is 10.00. The van der Waals surface area contributed by atoms with E-state index in [0.717, 1.165) is 22.4 Å². The van der Waals surface area contributed by atoms with Crippen molar-refractivity contribution in [2.24, 2.45) is 10.7 Å². The van der Waals surface area contributed by atoms with Gasteiger partial charge in [0.25, 0.3) is 0 Å². The molecule has 0 aliphatic rings. The van der Waals surface area contributed by atoms with Gasteiger partial charge in [-0.25, -0.2) is 4.99 Å². The Morgan fingerprint density at radius 3 is 1.77 bits per heavy atom. The summed E-state index contributed by atoms with van der Waals surface area (Å²) < 4.78 is 0. The first-order valence-electron chi connectivity index (χ1n) is 13.4. The first-order valence-corrected chi connectivity index (χ1v) is 13.4. The van der Waals surface area contributed by atoms with E-state index in [4.69, 9.17) is 10.7 Å². The van der Waals surface area contributed by atoms with Crippen molar-refractivity contribution in [3.8, 4) is 22.3 Å². The smallest absolute Gasteiger partial charge is 0.0703 e. The molecule has 2 nitrogen and oxygen atoms in total. The van der Waals surface area contributed by atoms with Gasteiger partial charge in [-0.1, -0.05) is 116 Å². The molecule has 0 spiro atoms. The summed E-state index contributed by atoms with van der Waals surface area (Å²) in [6.07, 6.45) is 3.30. The van der Waals surface area contributed by atoms with Crippen molar-refractivity contribution in [3.05, 3.63) is 158 Å². The molecule has 6 rings (SSSR count). The van der Waals surface area contributed by atoms with Crippen LogP contribution in [-0.2, 0) is 0 Å². The summed E-state index contributed by atoms with van der Waals surface area (Å²) in [5.41, 5.74) is 13.7. The second kappa shape index (κ2) is 10.5. The van der Waals surface area contributed by atoms with Crippen molar-refractivity contribution in [2.45, 2.75) is 6.92 Å². The summed E-state index contributed by atoms with van der Waals surface area (Å²) >= 11 is 0. The van der Waals surface area contributed by atoms with Gasteiger partial charge in [0, 0.05) is 5.56 Å². The first-order chi connectivity index (χ1) is 19.6. The zero-order valence-corrected chi connectivity index (χ0v) is 22.6. The fourth-order valence-electron chi connectivity index (χ4n) is 5.49. The number of benzene rings is 6. The van der Waals surface area contributed by atoms with Crippen molar-refractivity contribution >= 4 is 38.0 Å². The third kappa shape index (κ3) is 4.40. The predicted molar refractivity (Wildman–Crippen MR) is 174 cm³/mol. The lowest BCUT2D eigenvalue weighted by Gasteiger charge is -2.18. The van der Waals surface area contributed by atoms with E-state index >= 15 is 0 Å². The highest BCUT2D eigenvalue weighted by Gasteiger charge is 2.17. The number of nitrogens with two attached hydrogens (primary N) is 1. The van der Waals surface area contributed by atoms with E-state index in [2.05, 4.69) is 128 Å². The van der Waals surface area contributed by atoms with E-state index in [1.807, 2.05) is 6.92 Å². The fraction of sp³-hybridized carbons (Fsp3) is 0.0263. The molecule has 0 heterocycles. The van der Waals surface area contributed by atoms with Crippen LogP contribution in [0.1, 0.15) is 12.5 Å². The average molecular weight is 515 g/mol. The highest BCUT2D eigenvalue weighted by molar-refractivity contribution is 6.22. The maximum absolute atomic E-state index is 5.70. The molecule has 0 aliphatic carbocycles. The molecule has 192 valence electrons. The molecule has 0 atom stereocenters. The highest BCUT2D eigenvalue weighted by Crippen LogP contribution is 2.44. The van der Waals surface area contributed by atoms with Crippen molar-refractivity contribution < 1.29 is 0 Å². The Morgan fingerprint density at radius 1 is 0.650 bits per heavy atom. The Morgan fingerprint density at radius 2 is 1.20 bits per heavy atom. The molecule has 2 N–H and O–H groups in total. The van der Waals surface area contributed by atoms with Crippen LogP contribution >= 0.6 is 0 Å². The van der Waals surface area contributed by atoms with Crippen molar-refractivity contribution in [2.75, 3.05) is 0 Å². The minimum Gasteiger partial charge on any atom is -0.404 e. The van der Waals surface area contributed by atoms with Gasteiger partial charge in [0.2, 0.25) is 0 Å². The van der Waals surface area contributed by atoms with Gasteiger partial charge < -0.3 is 5.73 Å². The third-order valence-electron chi connectivity index (χ3n) is 7.57. The van der Waals surface area contributed by atoms with Crippen LogP contribution in [0, 0.1) is 0 Å². The van der Waals surface area contributed by atoms with Crippen LogP contribution in [0.15, 0.2) is 157 Å². The SMILES string of the molecule is C=CC(=NC(=C)/C(C)=C/N)c1cccc(-c2c3ccccc3c(-c3ccc4ccccc4c3)c3ccccc23)c1. The van der Waals surface area contributed by atoms with E-state index in [9.17, 15) is 0 Å². The summed E-state index contributed by atoms with van der Waals surface area (Å²) in [5, 5.41) is 7.36. The average Bonchev–Trinajstić information content (AvgIpc) is 3.01.